The van der Waals surface area contributed by atoms with Crippen molar-refractivity contribution in [2.45, 2.75) is 77.4 Å². The molecule has 3 saturated carbocycles. The Morgan fingerprint density at radius 3 is 2.68 bits per heavy atom. The van der Waals surface area contributed by atoms with Gasteiger partial charge in [0, 0.05) is 32.0 Å². The number of allylic oxidation sites excluding steroid dienone is 3. The molecule has 1 unspecified atom stereocenters. The maximum absolute atomic E-state index is 12.8. The van der Waals surface area contributed by atoms with E-state index in [4.69, 9.17) is 0 Å². The van der Waals surface area contributed by atoms with Gasteiger partial charge in [0.15, 0.2) is 0 Å². The number of hydrogen-bond acceptors (Lipinski definition) is 3. The van der Waals surface area contributed by atoms with Gasteiger partial charge in [0.05, 0.1) is 12.2 Å². The Morgan fingerprint density at radius 2 is 1.97 bits per heavy atom. The molecular formula is C26H39F2NO2. The van der Waals surface area contributed by atoms with Crippen LogP contribution in [0.2, 0.25) is 0 Å². The van der Waals surface area contributed by atoms with Gasteiger partial charge in [-0.2, -0.15) is 0 Å². The van der Waals surface area contributed by atoms with Crippen molar-refractivity contribution in [2.24, 2.45) is 29.1 Å². The van der Waals surface area contributed by atoms with Crippen LogP contribution in [0.4, 0.5) is 8.78 Å². The van der Waals surface area contributed by atoms with Crippen molar-refractivity contribution >= 4 is 0 Å². The highest BCUT2D eigenvalue weighted by Crippen LogP contribution is 2.59. The van der Waals surface area contributed by atoms with Gasteiger partial charge in [-0.25, -0.2) is 8.78 Å². The molecule has 0 spiro atoms. The molecule has 0 aromatic carbocycles. The smallest absolute Gasteiger partial charge is 0.243 e. The second-order valence-corrected chi connectivity index (χ2v) is 11.0. The molecule has 4 rings (SSSR count). The van der Waals surface area contributed by atoms with E-state index in [2.05, 4.69) is 37.5 Å². The van der Waals surface area contributed by atoms with Crippen LogP contribution in [-0.4, -0.2) is 53.4 Å². The van der Waals surface area contributed by atoms with Crippen molar-refractivity contribution in [1.29, 1.82) is 0 Å². The summed E-state index contributed by atoms with van der Waals surface area (Å²) in [5, 5.41) is 20.1. The molecule has 1 aliphatic heterocycles. The zero-order valence-electron chi connectivity index (χ0n) is 19.1. The number of fused-ring (bicyclic) bond motifs is 1. The van der Waals surface area contributed by atoms with E-state index in [1.807, 2.05) is 0 Å². The summed E-state index contributed by atoms with van der Waals surface area (Å²) in [6.45, 7) is 10.9. The monoisotopic (exact) mass is 435 g/mol. The van der Waals surface area contributed by atoms with Crippen LogP contribution in [-0.2, 0) is 0 Å². The van der Waals surface area contributed by atoms with Crippen molar-refractivity contribution in [2.75, 3.05) is 19.6 Å². The van der Waals surface area contributed by atoms with E-state index in [-0.39, 0.29) is 5.41 Å². The minimum atomic E-state index is -2.18. The Balaban J connectivity index is 1.43. The molecule has 4 aliphatic rings. The average molecular weight is 436 g/mol. The molecule has 4 fully saturated rings. The molecular weight excluding hydrogens is 396 g/mol. The van der Waals surface area contributed by atoms with E-state index in [0.717, 1.165) is 24.1 Å². The molecule has 0 radical (unpaired) electrons. The first-order valence-corrected chi connectivity index (χ1v) is 12.1. The van der Waals surface area contributed by atoms with Crippen LogP contribution in [0.25, 0.3) is 0 Å². The number of aliphatic hydroxyl groups excluding tert-OH is 2. The summed E-state index contributed by atoms with van der Waals surface area (Å²) in [7, 11) is 0. The van der Waals surface area contributed by atoms with E-state index < -0.39 is 24.6 Å². The number of alkyl halides is 2. The Bertz CT molecular complexity index is 742. The Hall–Kier alpha value is -1.04. The summed E-state index contributed by atoms with van der Waals surface area (Å²) < 4.78 is 25.6. The summed E-state index contributed by atoms with van der Waals surface area (Å²) in [5.74, 6) is 1.30. The normalized spacial score (nSPS) is 41.1. The van der Waals surface area contributed by atoms with Crippen LogP contribution in [0.5, 0.6) is 0 Å². The lowest BCUT2D eigenvalue weighted by molar-refractivity contribution is -0.0381. The van der Waals surface area contributed by atoms with E-state index in [1.54, 1.807) is 0 Å². The van der Waals surface area contributed by atoms with Crippen molar-refractivity contribution < 1.29 is 19.0 Å². The van der Waals surface area contributed by atoms with Crippen molar-refractivity contribution in [3.05, 3.63) is 35.5 Å². The predicted molar refractivity (Wildman–Crippen MR) is 120 cm³/mol. The molecule has 3 nitrogen and oxygen atoms in total. The third kappa shape index (κ3) is 4.56. The van der Waals surface area contributed by atoms with Crippen LogP contribution in [0, 0.1) is 29.1 Å². The summed E-state index contributed by atoms with van der Waals surface area (Å²) in [5.41, 5.74) is 3.49. The molecule has 5 heteroatoms. The van der Waals surface area contributed by atoms with Crippen LogP contribution in [0.3, 0.4) is 0 Å². The van der Waals surface area contributed by atoms with Crippen LogP contribution in [0.1, 0.15) is 58.8 Å². The number of nitrogens with zero attached hydrogens (tertiary/aromatic N) is 1. The van der Waals surface area contributed by atoms with Gasteiger partial charge in [-0.15, -0.1) is 0 Å². The largest absolute Gasteiger partial charge is 0.393 e. The van der Waals surface area contributed by atoms with Crippen LogP contribution < -0.4 is 0 Å². The SMILES string of the molecule is C=C1C(=CC=C2CCC[C@]3(C)[C@@H](C(C)CN4CC(C(F)F)C4)CC[C@@H]23)C[C@@H](O)C[C@H]1O. The van der Waals surface area contributed by atoms with Gasteiger partial charge in [0.1, 0.15) is 0 Å². The summed E-state index contributed by atoms with van der Waals surface area (Å²) in [6, 6.07) is 0. The lowest BCUT2D eigenvalue weighted by atomic mass is 9.61. The Labute approximate surface area is 185 Å². The highest BCUT2D eigenvalue weighted by molar-refractivity contribution is 5.38. The minimum absolute atomic E-state index is 0.275. The molecule has 174 valence electrons. The molecule has 1 saturated heterocycles. The second kappa shape index (κ2) is 9.07. The maximum atomic E-state index is 12.8. The van der Waals surface area contributed by atoms with Gasteiger partial charge in [-0.3, -0.25) is 0 Å². The molecule has 0 aromatic heterocycles. The average Bonchev–Trinajstić information content (AvgIpc) is 3.03. The topological polar surface area (TPSA) is 43.7 Å². The van der Waals surface area contributed by atoms with Crippen LogP contribution in [0.15, 0.2) is 35.5 Å². The molecule has 31 heavy (non-hydrogen) atoms. The predicted octanol–water partition coefficient (Wildman–Crippen LogP) is 4.96. The fraction of sp³-hybridized carbons (Fsp3) is 0.769. The van der Waals surface area contributed by atoms with Gasteiger partial charge < -0.3 is 15.1 Å². The van der Waals surface area contributed by atoms with Crippen molar-refractivity contribution in [3.8, 4) is 0 Å². The lowest BCUT2D eigenvalue weighted by Crippen LogP contribution is -2.52. The first-order valence-electron chi connectivity index (χ1n) is 12.1. The third-order valence-corrected chi connectivity index (χ3v) is 8.88. The van der Waals surface area contributed by atoms with Crippen molar-refractivity contribution in [1.82, 2.24) is 4.90 Å². The standard InChI is InChI=1S/C26H39F2NO2/c1-16(13-29-14-20(15-29)25(27)28)22-8-9-23-18(5-4-10-26(22,23)3)6-7-19-11-21(30)12-24(31)17(19)2/h6-7,16,20-25,30-31H,2,4-5,8-15H2,1,3H3/t16?,21-,22-,23+,24-,26-/m1/s1. The third-order valence-electron chi connectivity index (χ3n) is 8.88. The molecule has 6 atom stereocenters. The number of aliphatic hydroxyl groups is 2. The lowest BCUT2D eigenvalue weighted by Gasteiger charge is -2.47. The van der Waals surface area contributed by atoms with Gasteiger partial charge in [0.25, 0.3) is 0 Å². The first-order chi connectivity index (χ1) is 14.7. The maximum Gasteiger partial charge on any atom is 0.243 e. The summed E-state index contributed by atoms with van der Waals surface area (Å²) >= 11 is 0. The molecule has 0 bridgehead atoms. The number of likely N-dealkylation sites (tertiary alicyclic amines) is 1. The zero-order valence-corrected chi connectivity index (χ0v) is 19.1. The van der Waals surface area contributed by atoms with E-state index in [0.29, 0.717) is 43.7 Å². The number of halogens is 2. The number of rotatable bonds is 5. The van der Waals surface area contributed by atoms with Gasteiger partial charge in [0.2, 0.25) is 6.43 Å². The van der Waals surface area contributed by atoms with Gasteiger partial charge in [-0.1, -0.05) is 38.2 Å². The second-order valence-electron chi connectivity index (χ2n) is 11.0. The van der Waals surface area contributed by atoms with E-state index in [9.17, 15) is 19.0 Å². The van der Waals surface area contributed by atoms with Gasteiger partial charge >= 0.3 is 0 Å². The molecule has 3 aliphatic carbocycles. The summed E-state index contributed by atoms with van der Waals surface area (Å²) in [4.78, 5) is 2.22. The molecule has 1 heterocycles. The molecule has 2 N–H and O–H groups in total. The van der Waals surface area contributed by atoms with Crippen LogP contribution >= 0.6 is 0 Å². The fourth-order valence-electron chi connectivity index (χ4n) is 7.13. The van der Waals surface area contributed by atoms with E-state index in [1.165, 1.54) is 31.3 Å². The van der Waals surface area contributed by atoms with E-state index >= 15 is 0 Å². The van der Waals surface area contributed by atoms with Gasteiger partial charge in [-0.05, 0) is 72.8 Å². The van der Waals surface area contributed by atoms with Crippen molar-refractivity contribution in [3.63, 3.8) is 0 Å². The fourth-order valence-corrected chi connectivity index (χ4v) is 7.13. The minimum Gasteiger partial charge on any atom is -0.393 e. The molecule has 0 aromatic rings. The highest BCUT2D eigenvalue weighted by Gasteiger charge is 2.51. The number of hydrogen-bond donors (Lipinski definition) is 2. The highest BCUT2D eigenvalue weighted by atomic mass is 19.3. The summed E-state index contributed by atoms with van der Waals surface area (Å²) in [6.07, 6.45) is 7.93. The molecule has 0 amide bonds. The first kappa shape index (κ1) is 23.1. The Morgan fingerprint density at radius 1 is 1.23 bits per heavy atom. The quantitative estimate of drug-likeness (QED) is 0.641. The zero-order chi connectivity index (χ0) is 22.3. The Kier molecular flexibility index (Phi) is 6.77.